The van der Waals surface area contributed by atoms with Crippen molar-refractivity contribution in [3.8, 4) is 11.3 Å². The molecular weight excluding hydrogens is 220 g/mol. The van der Waals surface area contributed by atoms with Crippen LogP contribution in [0.2, 0.25) is 0 Å². The quantitative estimate of drug-likeness (QED) is 0.638. The van der Waals surface area contributed by atoms with E-state index < -0.39 is 0 Å². The van der Waals surface area contributed by atoms with E-state index in [9.17, 15) is 0 Å². The maximum Gasteiger partial charge on any atom is 0.0922 e. The largest absolute Gasteiger partial charge is 0.249 e. The van der Waals surface area contributed by atoms with Gasteiger partial charge < -0.3 is 0 Å². The first-order valence-corrected chi connectivity index (χ1v) is 6.04. The maximum atomic E-state index is 4.74. The second-order valence-corrected chi connectivity index (χ2v) is 4.52. The number of aromatic nitrogens is 2. The fourth-order valence-corrected chi connectivity index (χ4v) is 2.12. The molecule has 2 nitrogen and oxygen atoms in total. The Bertz CT molecular complexity index is 703. The van der Waals surface area contributed by atoms with Crippen LogP contribution in [0.5, 0.6) is 0 Å². The van der Waals surface area contributed by atoms with Gasteiger partial charge in [0.05, 0.1) is 22.4 Å². The third-order valence-corrected chi connectivity index (χ3v) is 3.04. The standard InChI is InChI=1S/C16H14N2/c1-11-8-9-14-15(10-11)18-16(12(2)17-14)13-6-4-3-5-7-13/h3-10H,1-2H3. The lowest BCUT2D eigenvalue weighted by molar-refractivity contribution is 1.19. The van der Waals surface area contributed by atoms with Crippen molar-refractivity contribution in [3.05, 3.63) is 59.8 Å². The predicted molar refractivity (Wildman–Crippen MR) is 74.4 cm³/mol. The summed E-state index contributed by atoms with van der Waals surface area (Å²) in [5.74, 6) is 0. The first-order chi connectivity index (χ1) is 8.74. The van der Waals surface area contributed by atoms with Crippen LogP contribution in [0.15, 0.2) is 48.5 Å². The Hall–Kier alpha value is -2.22. The van der Waals surface area contributed by atoms with Crippen LogP contribution in [-0.4, -0.2) is 9.97 Å². The molecule has 88 valence electrons. The minimum atomic E-state index is 0.956. The molecule has 0 saturated heterocycles. The third kappa shape index (κ3) is 1.86. The Balaban J connectivity index is 2.27. The van der Waals surface area contributed by atoms with Crippen LogP contribution < -0.4 is 0 Å². The molecule has 0 N–H and O–H groups in total. The Morgan fingerprint density at radius 1 is 0.778 bits per heavy atom. The van der Waals surface area contributed by atoms with E-state index in [1.54, 1.807) is 0 Å². The summed E-state index contributed by atoms with van der Waals surface area (Å²) in [6.07, 6.45) is 0. The first-order valence-electron chi connectivity index (χ1n) is 6.04. The fraction of sp³-hybridized carbons (Fsp3) is 0.125. The van der Waals surface area contributed by atoms with Crippen LogP contribution in [0.1, 0.15) is 11.3 Å². The van der Waals surface area contributed by atoms with Gasteiger partial charge in [-0.2, -0.15) is 0 Å². The first kappa shape index (κ1) is 10.9. The molecule has 1 aromatic heterocycles. The molecule has 0 unspecified atom stereocenters. The lowest BCUT2D eigenvalue weighted by Gasteiger charge is -2.07. The molecule has 0 aliphatic carbocycles. The van der Waals surface area contributed by atoms with E-state index in [4.69, 9.17) is 4.98 Å². The molecule has 2 heteroatoms. The van der Waals surface area contributed by atoms with Gasteiger partial charge in [0.1, 0.15) is 0 Å². The molecule has 0 spiro atoms. The van der Waals surface area contributed by atoms with Crippen molar-refractivity contribution in [2.45, 2.75) is 13.8 Å². The highest BCUT2D eigenvalue weighted by molar-refractivity contribution is 5.79. The SMILES string of the molecule is Cc1ccc2nc(C)c(-c3ccccc3)nc2c1. The number of benzene rings is 2. The zero-order chi connectivity index (χ0) is 12.5. The Morgan fingerprint density at radius 2 is 1.56 bits per heavy atom. The van der Waals surface area contributed by atoms with Crippen molar-refractivity contribution in [3.63, 3.8) is 0 Å². The Labute approximate surface area is 106 Å². The van der Waals surface area contributed by atoms with Crippen molar-refractivity contribution in [2.24, 2.45) is 0 Å². The summed E-state index contributed by atoms with van der Waals surface area (Å²) < 4.78 is 0. The van der Waals surface area contributed by atoms with Crippen molar-refractivity contribution < 1.29 is 0 Å². The highest BCUT2D eigenvalue weighted by atomic mass is 14.8. The van der Waals surface area contributed by atoms with E-state index in [1.807, 2.05) is 31.2 Å². The van der Waals surface area contributed by atoms with E-state index in [2.05, 4.69) is 36.2 Å². The summed E-state index contributed by atoms with van der Waals surface area (Å²) in [5, 5.41) is 0. The summed E-state index contributed by atoms with van der Waals surface area (Å²) in [7, 11) is 0. The van der Waals surface area contributed by atoms with Gasteiger partial charge in [0.25, 0.3) is 0 Å². The number of rotatable bonds is 1. The summed E-state index contributed by atoms with van der Waals surface area (Å²) in [4.78, 5) is 9.37. The van der Waals surface area contributed by atoms with E-state index in [1.165, 1.54) is 5.56 Å². The van der Waals surface area contributed by atoms with E-state index in [0.717, 1.165) is 28.0 Å². The van der Waals surface area contributed by atoms with Crippen LogP contribution >= 0.6 is 0 Å². The molecule has 0 fully saturated rings. The average molecular weight is 234 g/mol. The minimum Gasteiger partial charge on any atom is -0.249 e. The molecule has 0 amide bonds. The van der Waals surface area contributed by atoms with Gasteiger partial charge in [-0.1, -0.05) is 36.4 Å². The Kier molecular flexibility index (Phi) is 2.56. The second kappa shape index (κ2) is 4.22. The van der Waals surface area contributed by atoms with Crippen LogP contribution in [0.25, 0.3) is 22.3 Å². The molecule has 3 aromatic rings. The third-order valence-electron chi connectivity index (χ3n) is 3.04. The van der Waals surface area contributed by atoms with Crippen LogP contribution in [0, 0.1) is 13.8 Å². The molecule has 0 radical (unpaired) electrons. The van der Waals surface area contributed by atoms with Crippen molar-refractivity contribution >= 4 is 11.0 Å². The predicted octanol–water partition coefficient (Wildman–Crippen LogP) is 3.91. The fourth-order valence-electron chi connectivity index (χ4n) is 2.12. The summed E-state index contributed by atoms with van der Waals surface area (Å²) in [6.45, 7) is 4.08. The number of hydrogen-bond donors (Lipinski definition) is 0. The smallest absolute Gasteiger partial charge is 0.0922 e. The van der Waals surface area contributed by atoms with Gasteiger partial charge >= 0.3 is 0 Å². The number of aryl methyl sites for hydroxylation is 2. The maximum absolute atomic E-state index is 4.74. The van der Waals surface area contributed by atoms with Gasteiger partial charge in [-0.15, -0.1) is 0 Å². The van der Waals surface area contributed by atoms with Gasteiger partial charge in [-0.05, 0) is 31.5 Å². The van der Waals surface area contributed by atoms with E-state index in [0.29, 0.717) is 0 Å². The van der Waals surface area contributed by atoms with Crippen molar-refractivity contribution in [2.75, 3.05) is 0 Å². The van der Waals surface area contributed by atoms with Gasteiger partial charge in [0, 0.05) is 5.56 Å². The van der Waals surface area contributed by atoms with Crippen LogP contribution in [0.3, 0.4) is 0 Å². The van der Waals surface area contributed by atoms with Gasteiger partial charge in [-0.25, -0.2) is 9.97 Å². The van der Waals surface area contributed by atoms with Crippen molar-refractivity contribution in [1.29, 1.82) is 0 Å². The van der Waals surface area contributed by atoms with Gasteiger partial charge in [0.15, 0.2) is 0 Å². The lowest BCUT2D eigenvalue weighted by atomic mass is 10.1. The number of hydrogen-bond acceptors (Lipinski definition) is 2. The number of fused-ring (bicyclic) bond motifs is 1. The van der Waals surface area contributed by atoms with E-state index in [-0.39, 0.29) is 0 Å². The minimum absolute atomic E-state index is 0.956. The van der Waals surface area contributed by atoms with Gasteiger partial charge in [0.2, 0.25) is 0 Å². The van der Waals surface area contributed by atoms with Crippen molar-refractivity contribution in [1.82, 2.24) is 9.97 Å². The number of nitrogens with zero attached hydrogens (tertiary/aromatic N) is 2. The topological polar surface area (TPSA) is 25.8 Å². The summed E-state index contributed by atoms with van der Waals surface area (Å²) in [5.41, 5.74) is 6.18. The van der Waals surface area contributed by atoms with Crippen LogP contribution in [-0.2, 0) is 0 Å². The molecule has 0 aliphatic rings. The molecule has 1 heterocycles. The van der Waals surface area contributed by atoms with Gasteiger partial charge in [-0.3, -0.25) is 0 Å². The molecule has 0 bridgehead atoms. The molecule has 0 saturated carbocycles. The molecule has 0 atom stereocenters. The zero-order valence-corrected chi connectivity index (χ0v) is 10.5. The molecular formula is C16H14N2. The molecule has 0 aliphatic heterocycles. The Morgan fingerprint density at radius 3 is 2.33 bits per heavy atom. The molecule has 18 heavy (non-hydrogen) atoms. The molecule has 3 rings (SSSR count). The summed E-state index contributed by atoms with van der Waals surface area (Å²) in [6, 6.07) is 16.4. The summed E-state index contributed by atoms with van der Waals surface area (Å²) >= 11 is 0. The highest BCUT2D eigenvalue weighted by Gasteiger charge is 2.07. The van der Waals surface area contributed by atoms with Crippen LogP contribution in [0.4, 0.5) is 0 Å². The highest BCUT2D eigenvalue weighted by Crippen LogP contribution is 2.22. The second-order valence-electron chi connectivity index (χ2n) is 4.52. The van der Waals surface area contributed by atoms with E-state index >= 15 is 0 Å². The average Bonchev–Trinajstić information content (AvgIpc) is 2.39. The monoisotopic (exact) mass is 234 g/mol. The lowest BCUT2D eigenvalue weighted by Crippen LogP contribution is -1.94. The molecule has 2 aromatic carbocycles. The zero-order valence-electron chi connectivity index (χ0n) is 10.5. The normalized spacial score (nSPS) is 10.8.